The first-order chi connectivity index (χ1) is 8.19. The molecule has 0 saturated heterocycles. The Morgan fingerprint density at radius 1 is 1.33 bits per heavy atom. The minimum Gasteiger partial charge on any atom is -0.396 e. The first-order valence-electron chi connectivity index (χ1n) is 5.37. The van der Waals surface area contributed by atoms with Gasteiger partial charge < -0.3 is 11.1 Å². The lowest BCUT2D eigenvalue weighted by Gasteiger charge is -2.17. The van der Waals surface area contributed by atoms with Crippen molar-refractivity contribution in [3.05, 3.63) is 22.2 Å². The molecule has 1 aromatic carbocycles. The fraction of sp³-hybridized carbons (Fsp3) is 0.417. The van der Waals surface area contributed by atoms with Gasteiger partial charge in [-0.2, -0.15) is 0 Å². The van der Waals surface area contributed by atoms with Gasteiger partial charge in [0.05, 0.1) is 21.5 Å². The van der Waals surface area contributed by atoms with Crippen LogP contribution in [0.1, 0.15) is 20.8 Å². The number of halogens is 2. The molecule has 18 heavy (non-hydrogen) atoms. The van der Waals surface area contributed by atoms with Crippen molar-refractivity contribution in [3.63, 3.8) is 0 Å². The van der Waals surface area contributed by atoms with Crippen LogP contribution < -0.4 is 11.1 Å². The Morgan fingerprint density at radius 3 is 2.28 bits per heavy atom. The number of hydrogen-bond acceptors (Lipinski definition) is 3. The van der Waals surface area contributed by atoms with E-state index < -0.39 is 0 Å². The summed E-state index contributed by atoms with van der Waals surface area (Å²) >= 11 is 13.3. The molecule has 100 valence electrons. The monoisotopic (exact) mass is 306 g/mol. The van der Waals surface area contributed by atoms with Crippen molar-refractivity contribution in [3.8, 4) is 0 Å². The van der Waals surface area contributed by atoms with E-state index in [1.165, 1.54) is 0 Å². The van der Waals surface area contributed by atoms with E-state index in [0.29, 0.717) is 27.2 Å². The predicted octanol–water partition coefficient (Wildman–Crippen LogP) is 4.05. The lowest BCUT2D eigenvalue weighted by Crippen LogP contribution is -2.18. The van der Waals surface area contributed by atoms with Gasteiger partial charge >= 0.3 is 0 Å². The fourth-order valence-electron chi connectivity index (χ4n) is 1.14. The van der Waals surface area contributed by atoms with Gasteiger partial charge in [-0.25, -0.2) is 0 Å². The Morgan fingerprint density at radius 2 is 1.83 bits per heavy atom. The molecule has 0 aliphatic carbocycles. The summed E-state index contributed by atoms with van der Waals surface area (Å²) in [5, 5.41) is 3.41. The Bertz CT molecular complexity index is 435. The van der Waals surface area contributed by atoms with Crippen LogP contribution in [0.25, 0.3) is 0 Å². The summed E-state index contributed by atoms with van der Waals surface area (Å²) in [7, 11) is 0. The number of rotatable bonds is 3. The number of nitrogens with one attached hydrogen (secondary N) is 1. The second-order valence-electron chi connectivity index (χ2n) is 4.80. The standard InChI is InChI=1S/C12H16Cl2N2OS/c1-12(2,3)18-6-10(17)16-7-4-8(13)11(15)9(14)5-7/h4-5H,6,15H2,1-3H3,(H,16,17). The molecule has 0 spiro atoms. The Hall–Kier alpha value is -0.580. The van der Waals surface area contributed by atoms with Crippen molar-refractivity contribution in [2.24, 2.45) is 0 Å². The molecule has 3 N–H and O–H groups in total. The highest BCUT2D eigenvalue weighted by Gasteiger charge is 2.14. The molecule has 0 fully saturated rings. The third-order valence-electron chi connectivity index (χ3n) is 2.00. The summed E-state index contributed by atoms with van der Waals surface area (Å²) in [5.74, 6) is 0.287. The molecule has 0 unspecified atom stereocenters. The fourth-order valence-corrected chi connectivity index (χ4v) is 2.26. The van der Waals surface area contributed by atoms with Crippen molar-refractivity contribution in [2.45, 2.75) is 25.5 Å². The lowest BCUT2D eigenvalue weighted by molar-refractivity contribution is -0.113. The van der Waals surface area contributed by atoms with E-state index in [1.54, 1.807) is 23.9 Å². The maximum Gasteiger partial charge on any atom is 0.234 e. The molecule has 0 atom stereocenters. The van der Waals surface area contributed by atoms with E-state index in [1.807, 2.05) is 0 Å². The van der Waals surface area contributed by atoms with E-state index in [0.717, 1.165) is 0 Å². The number of anilines is 2. The van der Waals surface area contributed by atoms with E-state index >= 15 is 0 Å². The molecule has 0 heterocycles. The number of thioether (sulfide) groups is 1. The molecule has 0 bridgehead atoms. The second-order valence-corrected chi connectivity index (χ2v) is 7.42. The zero-order chi connectivity index (χ0) is 13.9. The van der Waals surface area contributed by atoms with Gasteiger partial charge in [-0.1, -0.05) is 44.0 Å². The second kappa shape index (κ2) is 6.04. The summed E-state index contributed by atoms with van der Waals surface area (Å²) in [6.07, 6.45) is 0. The number of hydrogen-bond donors (Lipinski definition) is 2. The summed E-state index contributed by atoms with van der Waals surface area (Å²) in [6.45, 7) is 6.17. The van der Waals surface area contributed by atoms with Crippen LogP contribution in [0.2, 0.25) is 10.0 Å². The highest BCUT2D eigenvalue weighted by atomic mass is 35.5. The number of nitrogen functional groups attached to an aromatic ring is 1. The van der Waals surface area contributed by atoms with Gasteiger partial charge in [0.2, 0.25) is 5.91 Å². The third-order valence-corrected chi connectivity index (χ3v) is 3.90. The molecule has 1 rings (SSSR count). The summed E-state index contributed by atoms with van der Waals surface area (Å²) < 4.78 is 0.0494. The molecule has 6 heteroatoms. The lowest BCUT2D eigenvalue weighted by atomic mass is 10.3. The topological polar surface area (TPSA) is 55.1 Å². The van der Waals surface area contributed by atoms with Crippen LogP contribution in [0, 0.1) is 0 Å². The van der Waals surface area contributed by atoms with Crippen molar-refractivity contribution in [1.29, 1.82) is 0 Å². The summed E-state index contributed by atoms with van der Waals surface area (Å²) in [6, 6.07) is 3.17. The van der Waals surface area contributed by atoms with Gasteiger partial charge in [0.1, 0.15) is 0 Å². The smallest absolute Gasteiger partial charge is 0.234 e. The number of nitrogens with two attached hydrogens (primary N) is 1. The van der Waals surface area contributed by atoms with Crippen LogP contribution in [0.4, 0.5) is 11.4 Å². The maximum absolute atomic E-state index is 11.7. The van der Waals surface area contributed by atoms with Crippen LogP contribution in [-0.2, 0) is 4.79 Å². The Balaban J connectivity index is 2.65. The average Bonchev–Trinajstić information content (AvgIpc) is 2.22. The largest absolute Gasteiger partial charge is 0.396 e. The van der Waals surface area contributed by atoms with Crippen LogP contribution in [-0.4, -0.2) is 16.4 Å². The van der Waals surface area contributed by atoms with Crippen molar-refractivity contribution >= 4 is 52.2 Å². The van der Waals surface area contributed by atoms with Crippen LogP contribution in [0.5, 0.6) is 0 Å². The van der Waals surface area contributed by atoms with Gasteiger partial charge in [0, 0.05) is 10.4 Å². The van der Waals surface area contributed by atoms with Crippen LogP contribution in [0.3, 0.4) is 0 Å². The van der Waals surface area contributed by atoms with E-state index in [-0.39, 0.29) is 10.7 Å². The predicted molar refractivity (Wildman–Crippen MR) is 81.7 cm³/mol. The molecular weight excluding hydrogens is 291 g/mol. The quantitative estimate of drug-likeness (QED) is 0.828. The summed E-state index contributed by atoms with van der Waals surface area (Å²) in [5.41, 5.74) is 6.49. The zero-order valence-corrected chi connectivity index (χ0v) is 12.8. The first-order valence-corrected chi connectivity index (χ1v) is 7.11. The molecule has 0 radical (unpaired) electrons. The van der Waals surface area contributed by atoms with Gasteiger partial charge in [-0.05, 0) is 12.1 Å². The third kappa shape index (κ3) is 4.96. The molecule has 1 aromatic rings. The van der Waals surface area contributed by atoms with Gasteiger partial charge in [0.25, 0.3) is 0 Å². The SMILES string of the molecule is CC(C)(C)SCC(=O)Nc1cc(Cl)c(N)c(Cl)c1. The zero-order valence-electron chi connectivity index (χ0n) is 10.5. The van der Waals surface area contributed by atoms with E-state index in [4.69, 9.17) is 28.9 Å². The molecule has 0 aliphatic heterocycles. The number of carbonyl (C=O) groups excluding carboxylic acids is 1. The molecular formula is C12H16Cl2N2OS. The highest BCUT2D eigenvalue weighted by molar-refractivity contribution is 8.01. The maximum atomic E-state index is 11.7. The first kappa shape index (κ1) is 15.5. The highest BCUT2D eigenvalue weighted by Crippen LogP contribution is 2.31. The van der Waals surface area contributed by atoms with Gasteiger partial charge in [-0.3, -0.25) is 4.79 Å². The Labute approximate surface area is 121 Å². The number of amides is 1. The number of carbonyl (C=O) groups is 1. The minimum atomic E-state index is -0.0909. The van der Waals surface area contributed by atoms with E-state index in [9.17, 15) is 4.79 Å². The molecule has 0 aromatic heterocycles. The molecule has 0 saturated carbocycles. The van der Waals surface area contributed by atoms with Crippen LogP contribution >= 0.6 is 35.0 Å². The normalized spacial score (nSPS) is 11.4. The number of benzene rings is 1. The molecule has 3 nitrogen and oxygen atoms in total. The summed E-state index contributed by atoms with van der Waals surface area (Å²) in [4.78, 5) is 11.7. The average molecular weight is 307 g/mol. The van der Waals surface area contributed by atoms with Gasteiger partial charge in [0.15, 0.2) is 0 Å². The van der Waals surface area contributed by atoms with E-state index in [2.05, 4.69) is 26.1 Å². The van der Waals surface area contributed by atoms with Crippen LogP contribution in [0.15, 0.2) is 12.1 Å². The van der Waals surface area contributed by atoms with Gasteiger partial charge in [-0.15, -0.1) is 11.8 Å². The van der Waals surface area contributed by atoms with Crippen molar-refractivity contribution in [1.82, 2.24) is 0 Å². The minimum absolute atomic E-state index is 0.0494. The van der Waals surface area contributed by atoms with Crippen molar-refractivity contribution < 1.29 is 4.79 Å². The van der Waals surface area contributed by atoms with Crippen molar-refractivity contribution in [2.75, 3.05) is 16.8 Å². The molecule has 1 amide bonds. The Kier molecular flexibility index (Phi) is 5.20. The molecule has 0 aliphatic rings.